The summed E-state index contributed by atoms with van der Waals surface area (Å²) in [5, 5.41) is 23.6. The van der Waals surface area contributed by atoms with Gasteiger partial charge in [-0.1, -0.05) is 41.7 Å². The third-order valence-corrected chi connectivity index (χ3v) is 8.23. The number of thiazole rings is 1. The lowest BCUT2D eigenvalue weighted by molar-refractivity contribution is -0.136. The summed E-state index contributed by atoms with van der Waals surface area (Å²) < 4.78 is 2.20. The second kappa shape index (κ2) is 12.9. The Morgan fingerprint density at radius 2 is 1.76 bits per heavy atom. The van der Waals surface area contributed by atoms with Gasteiger partial charge in [-0.3, -0.25) is 9.59 Å². The third kappa shape index (κ3) is 7.15. The highest BCUT2D eigenvalue weighted by Gasteiger charge is 2.30. The number of amides is 1. The molecule has 0 unspecified atom stereocenters. The van der Waals surface area contributed by atoms with Crippen molar-refractivity contribution < 1.29 is 19.8 Å². The number of aliphatic hydroxyl groups is 1. The van der Waals surface area contributed by atoms with E-state index in [1.54, 1.807) is 43.6 Å². The molecule has 42 heavy (non-hydrogen) atoms. The van der Waals surface area contributed by atoms with E-state index in [4.69, 9.17) is 16.7 Å². The van der Waals surface area contributed by atoms with E-state index in [1.807, 2.05) is 55.6 Å². The first-order chi connectivity index (χ1) is 19.8. The van der Waals surface area contributed by atoms with Crippen LogP contribution in [-0.4, -0.2) is 38.9 Å². The summed E-state index contributed by atoms with van der Waals surface area (Å²) >= 11 is 9.14. The fourth-order valence-corrected chi connectivity index (χ4v) is 6.36. The number of aromatic nitrogens is 1. The molecule has 3 N–H and O–H groups in total. The Balaban J connectivity index is 0.000000748. The van der Waals surface area contributed by atoms with Gasteiger partial charge >= 0.3 is 5.97 Å². The SMILES string of the molecule is CC(C)(C)O.CSN1Cc2cc(NC(=O)c3cscn3)ccc2-c2c(C)c(-c3ccc(Cl)cc3)c(CC(=O)O)c(C)c21. The smallest absolute Gasteiger partial charge is 0.307 e. The normalized spacial score (nSPS) is 12.1. The van der Waals surface area contributed by atoms with E-state index in [-0.39, 0.29) is 12.3 Å². The summed E-state index contributed by atoms with van der Waals surface area (Å²) in [6.07, 6.45) is 1.94. The molecular weight excluding hydrogens is 590 g/mol. The molecule has 1 aliphatic rings. The van der Waals surface area contributed by atoms with Crippen LogP contribution in [0.2, 0.25) is 5.02 Å². The number of nitrogens with zero attached hydrogens (tertiary/aromatic N) is 2. The van der Waals surface area contributed by atoms with Crippen LogP contribution in [0.25, 0.3) is 22.3 Å². The average Bonchev–Trinajstić information content (AvgIpc) is 3.46. The van der Waals surface area contributed by atoms with Crippen molar-refractivity contribution in [2.45, 2.75) is 53.2 Å². The number of halogens is 1. The van der Waals surface area contributed by atoms with Crippen molar-refractivity contribution >= 4 is 58.1 Å². The Hall–Kier alpha value is -3.37. The summed E-state index contributed by atoms with van der Waals surface area (Å²) in [7, 11) is 0. The van der Waals surface area contributed by atoms with Crippen LogP contribution in [0.3, 0.4) is 0 Å². The van der Waals surface area contributed by atoms with Crippen LogP contribution in [-0.2, 0) is 17.8 Å². The summed E-state index contributed by atoms with van der Waals surface area (Å²) in [4.78, 5) is 28.6. The monoisotopic (exact) mass is 623 g/mol. The van der Waals surface area contributed by atoms with Crippen LogP contribution in [0.1, 0.15) is 53.5 Å². The molecule has 0 saturated heterocycles. The number of anilines is 2. The Bertz CT molecular complexity index is 1610. The van der Waals surface area contributed by atoms with Gasteiger partial charge in [0.25, 0.3) is 5.91 Å². The minimum absolute atomic E-state index is 0.0748. The van der Waals surface area contributed by atoms with E-state index in [1.165, 1.54) is 11.3 Å². The van der Waals surface area contributed by atoms with Crippen molar-refractivity contribution in [2.24, 2.45) is 0 Å². The molecule has 0 fully saturated rings. The summed E-state index contributed by atoms with van der Waals surface area (Å²) in [5.74, 6) is -1.11. The largest absolute Gasteiger partial charge is 0.481 e. The molecular formula is C32H34ClN3O4S2. The molecule has 1 amide bonds. The molecule has 0 radical (unpaired) electrons. The first kappa shape index (κ1) is 31.6. The maximum Gasteiger partial charge on any atom is 0.307 e. The maximum absolute atomic E-state index is 12.6. The molecule has 220 valence electrons. The molecule has 1 aromatic heterocycles. The lowest BCUT2D eigenvalue weighted by Crippen LogP contribution is -2.23. The zero-order chi connectivity index (χ0) is 30.8. The van der Waals surface area contributed by atoms with Gasteiger partial charge < -0.3 is 19.8 Å². The molecule has 4 aromatic rings. The van der Waals surface area contributed by atoms with Gasteiger partial charge in [0, 0.05) is 27.9 Å². The van der Waals surface area contributed by atoms with E-state index in [0.29, 0.717) is 22.9 Å². The molecule has 3 aromatic carbocycles. The average molecular weight is 624 g/mol. The first-order valence-corrected chi connectivity index (χ1v) is 15.8. The van der Waals surface area contributed by atoms with Crippen LogP contribution < -0.4 is 9.62 Å². The molecule has 0 aliphatic carbocycles. The van der Waals surface area contributed by atoms with Gasteiger partial charge in [-0.15, -0.1) is 11.3 Å². The molecule has 0 spiro atoms. The molecule has 0 bridgehead atoms. The van der Waals surface area contributed by atoms with Gasteiger partial charge in [0.2, 0.25) is 0 Å². The second-order valence-electron chi connectivity index (χ2n) is 11.0. The number of carboxylic acids is 1. The zero-order valence-electron chi connectivity index (χ0n) is 24.4. The second-order valence-corrected chi connectivity index (χ2v) is 13.0. The standard InChI is InChI=1S/C28H24ClN3O3S2.C4H10O/c1-15-22(11-24(33)34)25(17-4-6-19(29)7-5-17)16(2)26-21-9-8-20(31-28(35)23-13-37-14-30-23)10-18(21)12-32(36-3)27(15)26;1-4(2,3)5/h4-10,13-14H,11-12H2,1-3H3,(H,31,35)(H,33,34);5H,1-3H3. The number of benzene rings is 3. The van der Waals surface area contributed by atoms with E-state index in [0.717, 1.165) is 50.2 Å². The number of carbonyl (C=O) groups is 2. The maximum atomic E-state index is 12.6. The number of hydrogen-bond donors (Lipinski definition) is 3. The van der Waals surface area contributed by atoms with Crippen molar-refractivity contribution in [3.63, 3.8) is 0 Å². The Morgan fingerprint density at radius 1 is 1.10 bits per heavy atom. The Morgan fingerprint density at radius 3 is 2.33 bits per heavy atom. The predicted molar refractivity (Wildman–Crippen MR) is 175 cm³/mol. The minimum atomic E-state index is -0.870. The van der Waals surface area contributed by atoms with Gasteiger partial charge in [-0.25, -0.2) is 4.98 Å². The van der Waals surface area contributed by atoms with Gasteiger partial charge in [0.15, 0.2) is 0 Å². The van der Waals surface area contributed by atoms with Crippen molar-refractivity contribution in [2.75, 3.05) is 15.9 Å². The fraction of sp³-hybridized carbons (Fsp3) is 0.281. The van der Waals surface area contributed by atoms with E-state index < -0.39 is 11.6 Å². The van der Waals surface area contributed by atoms with Gasteiger partial charge in [-0.2, -0.15) is 0 Å². The van der Waals surface area contributed by atoms with Crippen LogP contribution in [0.15, 0.2) is 53.4 Å². The quantitative estimate of drug-likeness (QED) is 0.187. The third-order valence-electron chi connectivity index (χ3n) is 6.64. The number of aliphatic carboxylic acids is 1. The molecule has 1 aliphatic heterocycles. The van der Waals surface area contributed by atoms with Crippen LogP contribution in [0, 0.1) is 13.8 Å². The van der Waals surface area contributed by atoms with Gasteiger partial charge in [0.1, 0.15) is 5.69 Å². The van der Waals surface area contributed by atoms with Crippen molar-refractivity contribution in [3.8, 4) is 22.3 Å². The van der Waals surface area contributed by atoms with Crippen molar-refractivity contribution in [1.82, 2.24) is 4.98 Å². The van der Waals surface area contributed by atoms with E-state index >= 15 is 0 Å². The molecule has 2 heterocycles. The van der Waals surface area contributed by atoms with Gasteiger partial charge in [-0.05, 0) is 97.8 Å². The topological polar surface area (TPSA) is 103 Å². The van der Waals surface area contributed by atoms with Crippen LogP contribution >= 0.6 is 34.9 Å². The lowest BCUT2D eigenvalue weighted by atomic mass is 9.81. The predicted octanol–water partition coefficient (Wildman–Crippen LogP) is 8.00. The van der Waals surface area contributed by atoms with E-state index in [2.05, 4.69) is 21.5 Å². The molecule has 7 nitrogen and oxygen atoms in total. The summed E-state index contributed by atoms with van der Waals surface area (Å²) in [6, 6.07) is 13.5. The highest BCUT2D eigenvalue weighted by molar-refractivity contribution is 7.99. The fourth-order valence-electron chi connectivity index (χ4n) is 5.02. The first-order valence-electron chi connectivity index (χ1n) is 13.3. The number of nitrogens with one attached hydrogen (secondary N) is 1. The number of carbonyl (C=O) groups excluding carboxylic acids is 1. The highest BCUT2D eigenvalue weighted by atomic mass is 35.5. The number of fused-ring (bicyclic) bond motifs is 3. The van der Waals surface area contributed by atoms with E-state index in [9.17, 15) is 14.7 Å². The summed E-state index contributed by atoms with van der Waals surface area (Å²) in [5.41, 5.74) is 11.1. The molecule has 5 rings (SSSR count). The number of carboxylic acid groups (broad SMARTS) is 1. The van der Waals surface area contributed by atoms with Crippen molar-refractivity contribution in [3.05, 3.63) is 86.3 Å². The molecule has 0 atom stereocenters. The molecule has 0 saturated carbocycles. The van der Waals surface area contributed by atoms with Gasteiger partial charge in [0.05, 0.1) is 29.8 Å². The summed E-state index contributed by atoms with van der Waals surface area (Å²) in [6.45, 7) is 9.91. The van der Waals surface area contributed by atoms with Crippen LogP contribution in [0.4, 0.5) is 11.4 Å². The van der Waals surface area contributed by atoms with Crippen molar-refractivity contribution in [1.29, 1.82) is 0 Å². The number of rotatable bonds is 6. The molecule has 10 heteroatoms. The van der Waals surface area contributed by atoms with Crippen LogP contribution in [0.5, 0.6) is 0 Å². The Labute approximate surface area is 259 Å². The number of hydrogen-bond acceptors (Lipinski definition) is 7. The Kier molecular flexibility index (Phi) is 9.67. The minimum Gasteiger partial charge on any atom is -0.481 e. The highest BCUT2D eigenvalue weighted by Crippen LogP contribution is 2.50. The lowest BCUT2D eigenvalue weighted by Gasteiger charge is -2.36. The zero-order valence-corrected chi connectivity index (χ0v) is 26.8.